The zero-order valence-corrected chi connectivity index (χ0v) is 35.9. The molecule has 11 heteroatoms. The summed E-state index contributed by atoms with van der Waals surface area (Å²) in [6.45, 7) is 15.6. The van der Waals surface area contributed by atoms with E-state index in [-0.39, 0.29) is 28.5 Å². The first-order chi connectivity index (χ1) is 28.3. The molecule has 1 aromatic heterocycles. The Kier molecular flexibility index (Phi) is 12.8. The van der Waals surface area contributed by atoms with E-state index in [0.29, 0.717) is 37.6 Å². The molecule has 2 atom stereocenters. The molecule has 1 amide bonds. The van der Waals surface area contributed by atoms with Crippen molar-refractivity contribution in [2.75, 3.05) is 37.7 Å². The van der Waals surface area contributed by atoms with Crippen molar-refractivity contribution in [3.8, 4) is 22.6 Å². The first kappa shape index (κ1) is 41.9. The maximum absolute atomic E-state index is 12.9. The third-order valence-electron chi connectivity index (χ3n) is 12.5. The molecular weight excluding hydrogens is 757 g/mol. The Balaban J connectivity index is 0.971. The molecule has 3 aliphatic rings. The standard InChI is InChI=1S/C48H58N4O6Si/c1-48(2,3)59(4,5)58-44(39-20-22-43(53)46-40(39)21-23-45(54)50-46)31-49-30-34-14-17-37(18-15-34)57-28-10-9-11-33-16-19-38(35-12-7-6-8-13-35)41(29-33)52(47(55)56)42-32-51-26-24-36(42)25-27-51/h6-9,11-23,29,36,42,44,49,53H,10,24-28,30-32H2,1-5H3,(H,50,54)(H,55,56)/b11-9+/t42-,44-/m0/s1. The van der Waals surface area contributed by atoms with Gasteiger partial charge in [-0.05, 0) is 109 Å². The van der Waals surface area contributed by atoms with Crippen molar-refractivity contribution < 1.29 is 24.2 Å². The highest BCUT2D eigenvalue weighted by Crippen LogP contribution is 2.42. The third-order valence-corrected chi connectivity index (χ3v) is 17.0. The molecule has 3 fully saturated rings. The van der Waals surface area contributed by atoms with Gasteiger partial charge in [-0.15, -0.1) is 0 Å². The number of aromatic hydroxyl groups is 1. The van der Waals surface area contributed by atoms with E-state index in [1.165, 1.54) is 6.07 Å². The highest BCUT2D eigenvalue weighted by molar-refractivity contribution is 6.74. The average Bonchev–Trinajstić information content (AvgIpc) is 3.22. The summed E-state index contributed by atoms with van der Waals surface area (Å²) in [6.07, 6.45) is 5.69. The predicted octanol–water partition coefficient (Wildman–Crippen LogP) is 9.81. The number of carbonyl (C=O) groups is 1. The van der Waals surface area contributed by atoms with E-state index in [2.05, 4.69) is 85.5 Å². The lowest BCUT2D eigenvalue weighted by atomic mass is 9.82. The number of phenolic OH excluding ortho intramolecular Hbond substituents is 1. The lowest BCUT2D eigenvalue weighted by molar-refractivity contribution is 0.0838. The number of fused-ring (bicyclic) bond motifs is 4. The van der Waals surface area contributed by atoms with E-state index >= 15 is 0 Å². The fourth-order valence-corrected chi connectivity index (χ4v) is 9.44. The Labute approximate surface area is 348 Å². The number of ether oxygens (including phenoxy) is 1. The topological polar surface area (TPSA) is 127 Å². The molecule has 3 aliphatic heterocycles. The monoisotopic (exact) mass is 814 g/mol. The van der Waals surface area contributed by atoms with Gasteiger partial charge in [-0.2, -0.15) is 0 Å². The minimum absolute atomic E-state index is 0.00781. The zero-order chi connectivity index (χ0) is 41.7. The van der Waals surface area contributed by atoms with Gasteiger partial charge < -0.3 is 34.6 Å². The first-order valence-corrected chi connectivity index (χ1v) is 23.7. The Morgan fingerprint density at radius 2 is 1.75 bits per heavy atom. The van der Waals surface area contributed by atoms with Gasteiger partial charge in [-0.3, -0.25) is 9.69 Å². The van der Waals surface area contributed by atoms with Crippen molar-refractivity contribution in [3.05, 3.63) is 130 Å². The number of pyridine rings is 1. The van der Waals surface area contributed by atoms with Gasteiger partial charge in [0, 0.05) is 36.7 Å². The van der Waals surface area contributed by atoms with Gasteiger partial charge in [-0.1, -0.05) is 93.6 Å². The van der Waals surface area contributed by atoms with Crippen LogP contribution >= 0.6 is 0 Å². The number of rotatable bonds is 15. The van der Waals surface area contributed by atoms with Crippen LogP contribution < -0.4 is 20.5 Å². The molecule has 4 heterocycles. The SMILES string of the molecule is CC(C)(C)[Si](C)(C)O[C@@H](CNCc1ccc(OCC/C=C/c2ccc(-c3ccccc3)c(N(C(=O)O)[C@H]3CN4CCC3CC4)c2)cc1)c1ccc(O)c2[nH]c(=O)ccc12. The molecule has 310 valence electrons. The van der Waals surface area contributed by atoms with Crippen molar-refractivity contribution >= 4 is 37.1 Å². The average molecular weight is 815 g/mol. The number of phenols is 1. The predicted molar refractivity (Wildman–Crippen MR) is 240 cm³/mol. The summed E-state index contributed by atoms with van der Waals surface area (Å²) < 4.78 is 13.0. The number of anilines is 1. The third kappa shape index (κ3) is 9.82. The maximum atomic E-state index is 12.9. The van der Waals surface area contributed by atoms with Crippen LogP contribution in [0.1, 0.15) is 62.8 Å². The number of aromatic amines is 1. The molecule has 3 saturated heterocycles. The van der Waals surface area contributed by atoms with E-state index in [9.17, 15) is 19.8 Å². The fourth-order valence-electron chi connectivity index (χ4n) is 8.17. The Bertz CT molecular complexity index is 2310. The van der Waals surface area contributed by atoms with Gasteiger partial charge in [0.15, 0.2) is 8.32 Å². The van der Waals surface area contributed by atoms with E-state index in [1.54, 1.807) is 17.0 Å². The number of carboxylic acid groups (broad SMARTS) is 1. The lowest BCUT2D eigenvalue weighted by Gasteiger charge is -2.48. The van der Waals surface area contributed by atoms with E-state index < -0.39 is 14.4 Å². The van der Waals surface area contributed by atoms with Crippen LogP contribution in [-0.4, -0.2) is 73.3 Å². The molecule has 10 nitrogen and oxygen atoms in total. The molecule has 2 bridgehead atoms. The molecule has 8 rings (SSSR count). The summed E-state index contributed by atoms with van der Waals surface area (Å²) in [5, 5.41) is 25.5. The number of benzene rings is 4. The second-order valence-electron chi connectivity index (χ2n) is 17.5. The summed E-state index contributed by atoms with van der Waals surface area (Å²) in [5.41, 5.74) is 5.79. The van der Waals surface area contributed by atoms with Crippen LogP contribution in [0.3, 0.4) is 0 Å². The van der Waals surface area contributed by atoms with Crippen molar-refractivity contribution in [2.24, 2.45) is 5.92 Å². The van der Waals surface area contributed by atoms with Crippen LogP contribution in [-0.2, 0) is 11.0 Å². The number of nitrogens with one attached hydrogen (secondary N) is 2. The number of H-pyrrole nitrogens is 1. The van der Waals surface area contributed by atoms with Crippen molar-refractivity contribution in [1.82, 2.24) is 15.2 Å². The quantitative estimate of drug-likeness (QED) is 0.0608. The number of aromatic nitrogens is 1. The van der Waals surface area contributed by atoms with Crippen LogP contribution in [0.15, 0.2) is 108 Å². The Morgan fingerprint density at radius 1 is 1.00 bits per heavy atom. The van der Waals surface area contributed by atoms with Crippen molar-refractivity contribution in [1.29, 1.82) is 0 Å². The minimum Gasteiger partial charge on any atom is -0.506 e. The summed E-state index contributed by atoms with van der Waals surface area (Å²) in [4.78, 5) is 31.9. The zero-order valence-electron chi connectivity index (χ0n) is 34.9. The molecule has 0 radical (unpaired) electrons. The number of piperidine rings is 3. The second-order valence-corrected chi connectivity index (χ2v) is 22.2. The molecule has 4 aromatic carbocycles. The number of hydrogen-bond acceptors (Lipinski definition) is 7. The minimum atomic E-state index is -2.19. The van der Waals surface area contributed by atoms with E-state index in [0.717, 1.165) is 77.1 Å². The Hall–Kier alpha value is -5.20. The van der Waals surface area contributed by atoms with Gasteiger partial charge in [0.05, 0.1) is 30.0 Å². The van der Waals surface area contributed by atoms with Gasteiger partial charge in [0.25, 0.3) is 0 Å². The number of amides is 1. The summed E-state index contributed by atoms with van der Waals surface area (Å²) in [7, 11) is -2.19. The smallest absolute Gasteiger partial charge is 0.412 e. The van der Waals surface area contributed by atoms with Gasteiger partial charge in [0.2, 0.25) is 5.56 Å². The molecule has 0 unspecified atom stereocenters. The fraction of sp³-hybridized carbons (Fsp3) is 0.375. The van der Waals surface area contributed by atoms with Gasteiger partial charge >= 0.3 is 6.09 Å². The van der Waals surface area contributed by atoms with Crippen molar-refractivity contribution in [2.45, 2.75) is 76.9 Å². The molecule has 0 saturated carbocycles. The maximum Gasteiger partial charge on any atom is 0.412 e. The summed E-state index contributed by atoms with van der Waals surface area (Å²) in [5.74, 6) is 1.19. The van der Waals surface area contributed by atoms with E-state index in [4.69, 9.17) is 9.16 Å². The van der Waals surface area contributed by atoms with Crippen LogP contribution in [0, 0.1) is 5.92 Å². The molecule has 0 aliphatic carbocycles. The van der Waals surface area contributed by atoms with Crippen LogP contribution in [0.5, 0.6) is 11.5 Å². The summed E-state index contributed by atoms with van der Waals surface area (Å²) in [6, 6.07) is 31.0. The van der Waals surface area contributed by atoms with Crippen LogP contribution in [0.2, 0.25) is 18.1 Å². The largest absolute Gasteiger partial charge is 0.506 e. The Morgan fingerprint density at radius 3 is 2.42 bits per heavy atom. The normalized spacial score (nSPS) is 18.6. The summed E-state index contributed by atoms with van der Waals surface area (Å²) >= 11 is 0. The molecule has 5 aromatic rings. The van der Waals surface area contributed by atoms with Crippen molar-refractivity contribution in [3.63, 3.8) is 0 Å². The molecule has 4 N–H and O–H groups in total. The van der Waals surface area contributed by atoms with E-state index in [1.807, 2.05) is 54.6 Å². The molecular formula is C48H58N4O6Si. The lowest BCUT2D eigenvalue weighted by Crippen LogP contribution is -2.59. The van der Waals surface area contributed by atoms with Crippen LogP contribution in [0.25, 0.3) is 28.1 Å². The number of nitrogens with zero attached hydrogens (tertiary/aromatic N) is 2. The second kappa shape index (κ2) is 18.0. The highest BCUT2D eigenvalue weighted by atomic mass is 28.4. The first-order valence-electron chi connectivity index (χ1n) is 20.8. The molecule has 0 spiro atoms. The molecule has 59 heavy (non-hydrogen) atoms. The van der Waals surface area contributed by atoms with Crippen LogP contribution in [0.4, 0.5) is 10.5 Å². The van der Waals surface area contributed by atoms with Gasteiger partial charge in [0.1, 0.15) is 11.5 Å². The van der Waals surface area contributed by atoms with Gasteiger partial charge in [-0.25, -0.2) is 4.79 Å². The highest BCUT2D eigenvalue weighted by Gasteiger charge is 2.41. The number of hydrogen-bond donors (Lipinski definition) is 4.